The number of ether oxygens (including phenoxy) is 1. The van der Waals surface area contributed by atoms with Gasteiger partial charge in [-0.05, 0) is 49.4 Å². The molecule has 4 aromatic rings. The molecule has 0 fully saturated rings. The first-order valence-electron chi connectivity index (χ1n) is 10.6. The van der Waals surface area contributed by atoms with E-state index in [4.69, 9.17) is 4.74 Å². The van der Waals surface area contributed by atoms with Crippen molar-refractivity contribution in [3.05, 3.63) is 82.8 Å². The number of carbonyl (C=O) groups excluding carboxylic acids is 1. The summed E-state index contributed by atoms with van der Waals surface area (Å²) in [5, 5.41) is 23.3. The van der Waals surface area contributed by atoms with E-state index in [9.17, 15) is 9.90 Å². The van der Waals surface area contributed by atoms with Gasteiger partial charge in [0.15, 0.2) is 22.5 Å². The summed E-state index contributed by atoms with van der Waals surface area (Å²) >= 11 is 4.73. The quantitative estimate of drug-likeness (QED) is 0.180. The van der Waals surface area contributed by atoms with E-state index in [1.54, 1.807) is 19.1 Å². The number of phenolic OH excluding ortho intramolecular Hbond substituents is 1. The smallest absolute Gasteiger partial charge is 0.250 e. The third-order valence-electron chi connectivity index (χ3n) is 5.03. The number of hydrogen-bond acceptors (Lipinski definition) is 7. The van der Waals surface area contributed by atoms with Crippen LogP contribution >= 0.6 is 27.7 Å². The molecule has 4 rings (SSSR count). The molecular formula is C25H22BrN5O3S. The number of phenols is 1. The van der Waals surface area contributed by atoms with Crippen LogP contribution in [-0.4, -0.2) is 44.4 Å². The Morgan fingerprint density at radius 3 is 2.57 bits per heavy atom. The highest BCUT2D eigenvalue weighted by molar-refractivity contribution is 9.10. The number of benzene rings is 3. The van der Waals surface area contributed by atoms with Gasteiger partial charge in [-0.25, -0.2) is 5.43 Å². The van der Waals surface area contributed by atoms with Gasteiger partial charge in [-0.2, -0.15) is 5.10 Å². The molecule has 178 valence electrons. The summed E-state index contributed by atoms with van der Waals surface area (Å²) in [6.07, 6.45) is 0. The third-order valence-corrected chi connectivity index (χ3v) is 6.49. The molecule has 0 aliphatic carbocycles. The zero-order valence-corrected chi connectivity index (χ0v) is 21.4. The Balaban J connectivity index is 1.50. The molecule has 1 amide bonds. The minimum atomic E-state index is -0.284. The molecule has 35 heavy (non-hydrogen) atoms. The van der Waals surface area contributed by atoms with Gasteiger partial charge in [-0.3, -0.25) is 9.36 Å². The number of carbonyl (C=O) groups is 1. The minimum Gasteiger partial charge on any atom is -0.504 e. The van der Waals surface area contributed by atoms with Crippen LogP contribution in [0.5, 0.6) is 11.5 Å². The number of aromatic hydroxyl groups is 1. The lowest BCUT2D eigenvalue weighted by molar-refractivity contribution is -0.118. The van der Waals surface area contributed by atoms with Crippen LogP contribution in [0.4, 0.5) is 0 Å². The van der Waals surface area contributed by atoms with Gasteiger partial charge in [-0.15, -0.1) is 10.2 Å². The number of methoxy groups -OCH3 is 1. The predicted octanol–water partition coefficient (Wildman–Crippen LogP) is 5.04. The maximum Gasteiger partial charge on any atom is 0.250 e. The summed E-state index contributed by atoms with van der Waals surface area (Å²) in [4.78, 5) is 12.5. The van der Waals surface area contributed by atoms with Crippen LogP contribution in [0.3, 0.4) is 0 Å². The predicted molar refractivity (Wildman–Crippen MR) is 140 cm³/mol. The van der Waals surface area contributed by atoms with Crippen molar-refractivity contribution in [3.63, 3.8) is 0 Å². The molecule has 8 nitrogen and oxygen atoms in total. The molecule has 1 heterocycles. The molecule has 0 bridgehead atoms. The number of aromatic nitrogens is 3. The normalized spacial score (nSPS) is 11.3. The van der Waals surface area contributed by atoms with Gasteiger partial charge in [0.25, 0.3) is 5.91 Å². The van der Waals surface area contributed by atoms with Crippen molar-refractivity contribution in [1.82, 2.24) is 20.2 Å². The van der Waals surface area contributed by atoms with Crippen molar-refractivity contribution in [2.24, 2.45) is 5.10 Å². The van der Waals surface area contributed by atoms with E-state index in [0.717, 1.165) is 21.3 Å². The fourth-order valence-corrected chi connectivity index (χ4v) is 4.24. The second-order valence-corrected chi connectivity index (χ2v) is 9.25. The molecule has 2 N–H and O–H groups in total. The van der Waals surface area contributed by atoms with Gasteiger partial charge in [0.05, 0.1) is 18.6 Å². The van der Waals surface area contributed by atoms with E-state index in [1.807, 2.05) is 59.2 Å². The molecule has 3 aromatic carbocycles. The largest absolute Gasteiger partial charge is 0.504 e. The summed E-state index contributed by atoms with van der Waals surface area (Å²) in [7, 11) is 1.47. The molecule has 1 aromatic heterocycles. The lowest BCUT2D eigenvalue weighted by Crippen LogP contribution is -2.21. The van der Waals surface area contributed by atoms with Crippen LogP contribution in [0.15, 0.2) is 87.5 Å². The minimum absolute atomic E-state index is 0.0366. The van der Waals surface area contributed by atoms with E-state index in [0.29, 0.717) is 22.4 Å². The number of thioether (sulfide) groups is 1. The molecular weight excluding hydrogens is 530 g/mol. The Kier molecular flexibility index (Phi) is 7.84. The fraction of sp³-hybridized carbons (Fsp3) is 0.120. The van der Waals surface area contributed by atoms with Crippen molar-refractivity contribution in [3.8, 4) is 28.6 Å². The number of rotatable bonds is 8. The SMILES string of the molecule is COc1cc(/C(C)=N/NC(=O)CSc2nnc(-c3ccc(Br)cc3)n2-c2ccccc2)ccc1O. The zero-order valence-electron chi connectivity index (χ0n) is 19.0. The topological polar surface area (TPSA) is 102 Å². The van der Waals surface area contributed by atoms with E-state index in [1.165, 1.54) is 24.9 Å². The third kappa shape index (κ3) is 5.90. The van der Waals surface area contributed by atoms with Crippen LogP contribution in [0, 0.1) is 0 Å². The van der Waals surface area contributed by atoms with Gasteiger partial charge < -0.3 is 9.84 Å². The Morgan fingerprint density at radius 1 is 1.11 bits per heavy atom. The second kappa shape index (κ2) is 11.2. The fourth-order valence-electron chi connectivity index (χ4n) is 3.23. The van der Waals surface area contributed by atoms with Crippen LogP contribution in [-0.2, 0) is 4.79 Å². The summed E-state index contributed by atoms with van der Waals surface area (Å²) in [6, 6.07) is 22.5. The van der Waals surface area contributed by atoms with Crippen LogP contribution in [0.25, 0.3) is 17.1 Å². The Morgan fingerprint density at radius 2 is 1.86 bits per heavy atom. The summed E-state index contributed by atoms with van der Waals surface area (Å²) in [5.41, 5.74) is 5.67. The first kappa shape index (κ1) is 24.5. The second-order valence-electron chi connectivity index (χ2n) is 7.39. The lowest BCUT2D eigenvalue weighted by Gasteiger charge is -2.10. The molecule has 0 saturated heterocycles. The first-order valence-corrected chi connectivity index (χ1v) is 12.3. The van der Waals surface area contributed by atoms with Gasteiger partial charge in [-0.1, -0.05) is 58.0 Å². The van der Waals surface area contributed by atoms with Crippen LogP contribution in [0.2, 0.25) is 0 Å². The van der Waals surface area contributed by atoms with E-state index < -0.39 is 0 Å². The van der Waals surface area contributed by atoms with E-state index in [2.05, 4.69) is 36.7 Å². The summed E-state index contributed by atoms with van der Waals surface area (Å²) in [6.45, 7) is 1.76. The van der Waals surface area contributed by atoms with Crippen molar-refractivity contribution >= 4 is 39.3 Å². The molecule has 0 saturated carbocycles. The number of para-hydroxylation sites is 1. The number of amides is 1. The van der Waals surface area contributed by atoms with Gasteiger partial charge in [0.1, 0.15) is 0 Å². The molecule has 0 aliphatic heterocycles. The number of nitrogens with one attached hydrogen (secondary N) is 1. The van der Waals surface area contributed by atoms with Crippen molar-refractivity contribution in [2.45, 2.75) is 12.1 Å². The standard InChI is InChI=1S/C25H22BrN5O3S/c1-16(18-10-13-21(32)22(14-18)34-2)27-28-23(33)15-35-25-30-29-24(17-8-11-19(26)12-9-17)31(25)20-6-4-3-5-7-20/h3-14,32H,15H2,1-2H3,(H,28,33)/b27-16+. The Hall–Kier alpha value is -3.63. The van der Waals surface area contributed by atoms with E-state index in [-0.39, 0.29) is 17.4 Å². The number of nitrogens with zero attached hydrogens (tertiary/aromatic N) is 4. The number of halogens is 1. The Labute approximate surface area is 215 Å². The van der Waals surface area contributed by atoms with Crippen molar-refractivity contribution in [2.75, 3.05) is 12.9 Å². The maximum atomic E-state index is 12.5. The van der Waals surface area contributed by atoms with Crippen molar-refractivity contribution in [1.29, 1.82) is 0 Å². The maximum absolute atomic E-state index is 12.5. The molecule has 0 spiro atoms. The Bertz CT molecular complexity index is 1360. The average Bonchev–Trinajstić information content (AvgIpc) is 3.31. The van der Waals surface area contributed by atoms with Crippen LogP contribution < -0.4 is 10.2 Å². The van der Waals surface area contributed by atoms with Gasteiger partial charge in [0.2, 0.25) is 0 Å². The molecule has 0 atom stereocenters. The molecule has 10 heteroatoms. The van der Waals surface area contributed by atoms with Crippen molar-refractivity contribution < 1.29 is 14.6 Å². The zero-order chi connectivity index (χ0) is 24.8. The van der Waals surface area contributed by atoms with Gasteiger partial charge >= 0.3 is 0 Å². The number of hydrogen-bond donors (Lipinski definition) is 2. The highest BCUT2D eigenvalue weighted by atomic mass is 79.9. The lowest BCUT2D eigenvalue weighted by atomic mass is 10.1. The van der Waals surface area contributed by atoms with Gasteiger partial charge in [0, 0.05) is 21.3 Å². The highest BCUT2D eigenvalue weighted by Gasteiger charge is 2.17. The molecule has 0 unspecified atom stereocenters. The highest BCUT2D eigenvalue weighted by Crippen LogP contribution is 2.29. The van der Waals surface area contributed by atoms with E-state index >= 15 is 0 Å². The average molecular weight is 552 g/mol. The molecule has 0 aliphatic rings. The number of hydrazone groups is 1. The first-order chi connectivity index (χ1) is 17.0. The van der Waals surface area contributed by atoms with Crippen LogP contribution in [0.1, 0.15) is 12.5 Å². The monoisotopic (exact) mass is 551 g/mol. The summed E-state index contributed by atoms with van der Waals surface area (Å²) in [5.74, 6) is 0.867. The summed E-state index contributed by atoms with van der Waals surface area (Å²) < 4.78 is 8.02. The molecule has 0 radical (unpaired) electrons.